The molecule has 1 N–H and O–H groups in total. The Morgan fingerprint density at radius 3 is 2.33 bits per heavy atom. The summed E-state index contributed by atoms with van der Waals surface area (Å²) in [7, 11) is 0. The van der Waals surface area contributed by atoms with E-state index in [1.54, 1.807) is 0 Å². The summed E-state index contributed by atoms with van der Waals surface area (Å²) in [5.74, 6) is 0. The average molecular weight is 241 g/mol. The van der Waals surface area contributed by atoms with Gasteiger partial charge in [0.2, 0.25) is 0 Å². The van der Waals surface area contributed by atoms with E-state index < -0.39 is 0 Å². The van der Waals surface area contributed by atoms with Gasteiger partial charge in [-0.25, -0.2) is 0 Å². The predicted octanol–water partition coefficient (Wildman–Crippen LogP) is 4.68. The van der Waals surface area contributed by atoms with Gasteiger partial charge < -0.3 is 5.32 Å². The minimum Gasteiger partial charge on any atom is -0.307 e. The van der Waals surface area contributed by atoms with Gasteiger partial charge in [-0.2, -0.15) is 0 Å². The highest BCUT2D eigenvalue weighted by molar-refractivity contribution is 5.86. The lowest BCUT2D eigenvalue weighted by molar-refractivity contribution is 0.434. The molecule has 0 heterocycles. The van der Waals surface area contributed by atoms with Crippen LogP contribution in [0.2, 0.25) is 0 Å². The van der Waals surface area contributed by atoms with Crippen LogP contribution < -0.4 is 5.32 Å². The third-order valence-corrected chi connectivity index (χ3v) is 3.76. The summed E-state index contributed by atoms with van der Waals surface area (Å²) in [5.41, 5.74) is 1.40. The van der Waals surface area contributed by atoms with Gasteiger partial charge in [0.1, 0.15) is 0 Å². The Morgan fingerprint density at radius 2 is 1.61 bits per heavy atom. The van der Waals surface area contributed by atoms with Crippen LogP contribution in [-0.4, -0.2) is 6.04 Å². The summed E-state index contributed by atoms with van der Waals surface area (Å²) >= 11 is 0. The molecule has 2 aromatic rings. The summed E-state index contributed by atoms with van der Waals surface area (Å²) in [4.78, 5) is 0. The zero-order valence-electron chi connectivity index (χ0n) is 11.6. The van der Waals surface area contributed by atoms with E-state index in [9.17, 15) is 0 Å². The normalized spacial score (nSPS) is 13.1. The van der Waals surface area contributed by atoms with Crippen LogP contribution in [0.4, 0.5) is 0 Å². The maximum atomic E-state index is 3.72. The van der Waals surface area contributed by atoms with Gasteiger partial charge in [-0.1, -0.05) is 56.3 Å². The van der Waals surface area contributed by atoms with Crippen LogP contribution in [-0.2, 0) is 0 Å². The Kier molecular flexibility index (Phi) is 4.38. The van der Waals surface area contributed by atoms with Crippen LogP contribution in [0.15, 0.2) is 42.5 Å². The molecule has 0 aliphatic carbocycles. The molecule has 1 heteroatoms. The minimum absolute atomic E-state index is 0.404. The number of hydrogen-bond donors (Lipinski definition) is 1. The number of fused-ring (bicyclic) bond motifs is 1. The molecule has 0 fully saturated rings. The third kappa shape index (κ3) is 2.73. The SMILES string of the molecule is CCC(CC)NC(C)c1cccc2ccccc12. The van der Waals surface area contributed by atoms with Crippen molar-refractivity contribution in [2.45, 2.75) is 45.7 Å². The number of benzene rings is 2. The van der Waals surface area contributed by atoms with Crippen molar-refractivity contribution >= 4 is 10.8 Å². The second-order valence-electron chi connectivity index (χ2n) is 4.97. The summed E-state index contributed by atoms with van der Waals surface area (Å²) in [6, 6.07) is 16.2. The lowest BCUT2D eigenvalue weighted by Crippen LogP contribution is -2.30. The fourth-order valence-electron chi connectivity index (χ4n) is 2.60. The summed E-state index contributed by atoms with van der Waals surface area (Å²) in [6.45, 7) is 6.76. The molecule has 0 aliphatic rings. The first-order chi connectivity index (χ1) is 8.76. The first-order valence-corrected chi connectivity index (χ1v) is 7.00. The molecule has 2 rings (SSSR count). The van der Waals surface area contributed by atoms with Gasteiger partial charge in [0.05, 0.1) is 0 Å². The molecule has 0 saturated heterocycles. The maximum absolute atomic E-state index is 3.72. The van der Waals surface area contributed by atoms with E-state index in [1.807, 2.05) is 0 Å². The first-order valence-electron chi connectivity index (χ1n) is 7.00. The second-order valence-corrected chi connectivity index (χ2v) is 4.97. The van der Waals surface area contributed by atoms with Crippen molar-refractivity contribution in [1.82, 2.24) is 5.32 Å². The molecule has 0 aliphatic heterocycles. The first kappa shape index (κ1) is 13.1. The molecule has 0 bridgehead atoms. The van der Waals surface area contributed by atoms with Gasteiger partial charge in [-0.15, -0.1) is 0 Å². The maximum Gasteiger partial charge on any atom is 0.0300 e. The molecule has 0 aromatic heterocycles. The topological polar surface area (TPSA) is 12.0 Å². The van der Waals surface area contributed by atoms with Crippen LogP contribution in [0.5, 0.6) is 0 Å². The van der Waals surface area contributed by atoms with Gasteiger partial charge in [-0.05, 0) is 36.1 Å². The van der Waals surface area contributed by atoms with Gasteiger partial charge in [0, 0.05) is 12.1 Å². The van der Waals surface area contributed by atoms with Gasteiger partial charge in [-0.3, -0.25) is 0 Å². The highest BCUT2D eigenvalue weighted by Crippen LogP contribution is 2.24. The summed E-state index contributed by atoms with van der Waals surface area (Å²) in [5, 5.41) is 6.42. The molecule has 96 valence electrons. The Bertz CT molecular complexity index is 494. The molecule has 1 nitrogen and oxygen atoms in total. The Labute approximate surface area is 110 Å². The Morgan fingerprint density at radius 1 is 0.944 bits per heavy atom. The number of hydrogen-bond acceptors (Lipinski definition) is 1. The molecule has 2 aromatic carbocycles. The second kappa shape index (κ2) is 6.01. The van der Waals surface area contributed by atoms with E-state index in [2.05, 4.69) is 68.6 Å². The van der Waals surface area contributed by atoms with Crippen molar-refractivity contribution in [2.24, 2.45) is 0 Å². The molecule has 18 heavy (non-hydrogen) atoms. The van der Waals surface area contributed by atoms with E-state index in [0.717, 1.165) is 0 Å². The van der Waals surface area contributed by atoms with Crippen molar-refractivity contribution in [3.8, 4) is 0 Å². The van der Waals surface area contributed by atoms with E-state index in [1.165, 1.54) is 29.2 Å². The highest BCUT2D eigenvalue weighted by atomic mass is 14.9. The van der Waals surface area contributed by atoms with E-state index >= 15 is 0 Å². The smallest absolute Gasteiger partial charge is 0.0300 e. The monoisotopic (exact) mass is 241 g/mol. The molecular formula is C17H23N. The number of nitrogens with one attached hydrogen (secondary N) is 1. The standard InChI is InChI=1S/C17H23N/c1-4-15(5-2)18-13(3)16-12-8-10-14-9-6-7-11-17(14)16/h6-13,15,18H,4-5H2,1-3H3. The van der Waals surface area contributed by atoms with Crippen LogP contribution in [0.3, 0.4) is 0 Å². The molecule has 0 radical (unpaired) electrons. The molecular weight excluding hydrogens is 218 g/mol. The van der Waals surface area contributed by atoms with Crippen molar-refractivity contribution in [2.75, 3.05) is 0 Å². The Balaban J connectivity index is 2.30. The van der Waals surface area contributed by atoms with E-state index in [4.69, 9.17) is 0 Å². The highest BCUT2D eigenvalue weighted by Gasteiger charge is 2.12. The van der Waals surface area contributed by atoms with Crippen LogP contribution in [0.1, 0.15) is 45.2 Å². The van der Waals surface area contributed by atoms with Crippen molar-refractivity contribution in [3.05, 3.63) is 48.0 Å². The van der Waals surface area contributed by atoms with Crippen molar-refractivity contribution < 1.29 is 0 Å². The largest absolute Gasteiger partial charge is 0.307 e. The van der Waals surface area contributed by atoms with Crippen LogP contribution in [0, 0.1) is 0 Å². The summed E-state index contributed by atoms with van der Waals surface area (Å²) in [6.07, 6.45) is 2.37. The number of rotatable bonds is 5. The van der Waals surface area contributed by atoms with Crippen molar-refractivity contribution in [1.29, 1.82) is 0 Å². The van der Waals surface area contributed by atoms with Crippen LogP contribution >= 0.6 is 0 Å². The van der Waals surface area contributed by atoms with Gasteiger partial charge in [0.15, 0.2) is 0 Å². The van der Waals surface area contributed by atoms with Crippen molar-refractivity contribution in [3.63, 3.8) is 0 Å². The third-order valence-electron chi connectivity index (χ3n) is 3.76. The zero-order chi connectivity index (χ0) is 13.0. The lowest BCUT2D eigenvalue weighted by atomic mass is 9.98. The Hall–Kier alpha value is -1.34. The quantitative estimate of drug-likeness (QED) is 0.801. The molecule has 0 saturated carbocycles. The molecule has 0 amide bonds. The molecule has 1 atom stereocenters. The lowest BCUT2D eigenvalue weighted by Gasteiger charge is -2.22. The molecule has 0 spiro atoms. The minimum atomic E-state index is 0.404. The molecule has 1 unspecified atom stereocenters. The van der Waals surface area contributed by atoms with Gasteiger partial charge >= 0.3 is 0 Å². The zero-order valence-corrected chi connectivity index (χ0v) is 11.6. The van der Waals surface area contributed by atoms with Gasteiger partial charge in [0.25, 0.3) is 0 Å². The predicted molar refractivity (Wildman–Crippen MR) is 79.9 cm³/mol. The average Bonchev–Trinajstić information content (AvgIpc) is 2.43. The van der Waals surface area contributed by atoms with E-state index in [0.29, 0.717) is 12.1 Å². The fourth-order valence-corrected chi connectivity index (χ4v) is 2.60. The van der Waals surface area contributed by atoms with E-state index in [-0.39, 0.29) is 0 Å². The fraction of sp³-hybridized carbons (Fsp3) is 0.412. The summed E-state index contributed by atoms with van der Waals surface area (Å²) < 4.78 is 0. The van der Waals surface area contributed by atoms with Crippen LogP contribution in [0.25, 0.3) is 10.8 Å².